The van der Waals surface area contributed by atoms with Crippen LogP contribution in [0.1, 0.15) is 24.8 Å². The number of hydrogen-bond acceptors (Lipinski definition) is 7. The molecule has 164 valence electrons. The summed E-state index contributed by atoms with van der Waals surface area (Å²) in [4.78, 5) is 34.9. The Labute approximate surface area is 188 Å². The summed E-state index contributed by atoms with van der Waals surface area (Å²) < 4.78 is 5.36. The Morgan fingerprint density at radius 2 is 1.97 bits per heavy atom. The molecule has 0 saturated carbocycles. The number of rotatable bonds is 8. The van der Waals surface area contributed by atoms with Crippen LogP contribution >= 0.6 is 11.8 Å². The molecule has 1 heterocycles. The number of carbonyl (C=O) groups excluding carboxylic acids is 2. The molecule has 1 aliphatic rings. The van der Waals surface area contributed by atoms with Crippen molar-refractivity contribution < 1.29 is 19.2 Å². The summed E-state index contributed by atoms with van der Waals surface area (Å²) >= 11 is 1.06. The summed E-state index contributed by atoms with van der Waals surface area (Å²) in [6.45, 7) is 2.43. The molecular formula is C22H20N4O5S. The van der Waals surface area contributed by atoms with Gasteiger partial charge in [0.15, 0.2) is 0 Å². The van der Waals surface area contributed by atoms with Crippen LogP contribution in [0.4, 0.5) is 11.4 Å². The molecule has 0 fully saturated rings. The summed E-state index contributed by atoms with van der Waals surface area (Å²) in [5, 5.41) is 26.3. The Bertz CT molecular complexity index is 1090. The minimum Gasteiger partial charge on any atom is -0.494 e. The summed E-state index contributed by atoms with van der Waals surface area (Å²) in [6, 6.07) is 14.8. The molecule has 3 rings (SSSR count). The lowest BCUT2D eigenvalue weighted by Crippen LogP contribution is -2.31. The van der Waals surface area contributed by atoms with Gasteiger partial charge in [-0.1, -0.05) is 23.9 Å². The van der Waals surface area contributed by atoms with Crippen molar-refractivity contribution in [3.63, 3.8) is 0 Å². The average Bonchev–Trinajstić information content (AvgIpc) is 2.79. The first-order chi connectivity index (χ1) is 15.4. The van der Waals surface area contributed by atoms with Gasteiger partial charge in [-0.3, -0.25) is 19.7 Å². The summed E-state index contributed by atoms with van der Waals surface area (Å²) in [5.41, 5.74) is 1.47. The van der Waals surface area contributed by atoms with Gasteiger partial charge in [-0.25, -0.2) is 0 Å². The molecule has 1 aliphatic heterocycles. The Hall–Kier alpha value is -3.84. The van der Waals surface area contributed by atoms with Crippen molar-refractivity contribution in [1.29, 1.82) is 5.26 Å². The van der Waals surface area contributed by atoms with Gasteiger partial charge in [0.1, 0.15) is 5.75 Å². The predicted octanol–water partition coefficient (Wildman–Crippen LogP) is 3.70. The van der Waals surface area contributed by atoms with Crippen LogP contribution in [0.3, 0.4) is 0 Å². The fourth-order valence-corrected chi connectivity index (χ4v) is 4.06. The maximum Gasteiger partial charge on any atom is 0.269 e. The number of nitriles is 1. The third kappa shape index (κ3) is 5.65. The zero-order valence-electron chi connectivity index (χ0n) is 17.2. The molecule has 2 N–H and O–H groups in total. The smallest absolute Gasteiger partial charge is 0.269 e. The topological polar surface area (TPSA) is 134 Å². The molecule has 10 heteroatoms. The molecule has 2 amide bonds. The number of amides is 2. The molecule has 0 bridgehead atoms. The Kier molecular flexibility index (Phi) is 7.46. The van der Waals surface area contributed by atoms with Crippen molar-refractivity contribution >= 4 is 35.0 Å². The second kappa shape index (κ2) is 10.5. The van der Waals surface area contributed by atoms with E-state index in [4.69, 9.17) is 4.74 Å². The second-order valence-corrected chi connectivity index (χ2v) is 7.79. The molecule has 0 saturated heterocycles. The van der Waals surface area contributed by atoms with Crippen LogP contribution in [0.25, 0.3) is 0 Å². The van der Waals surface area contributed by atoms with E-state index >= 15 is 0 Å². The summed E-state index contributed by atoms with van der Waals surface area (Å²) in [6.07, 6.45) is 0.0448. The largest absolute Gasteiger partial charge is 0.494 e. The van der Waals surface area contributed by atoms with Crippen molar-refractivity contribution in [2.24, 2.45) is 0 Å². The quantitative estimate of drug-likeness (QED) is 0.460. The maximum atomic E-state index is 12.3. The van der Waals surface area contributed by atoms with Crippen LogP contribution in [0.15, 0.2) is 59.1 Å². The van der Waals surface area contributed by atoms with E-state index in [1.807, 2.05) is 6.92 Å². The predicted molar refractivity (Wildman–Crippen MR) is 120 cm³/mol. The number of thioether (sulfide) groups is 1. The number of benzene rings is 2. The maximum absolute atomic E-state index is 12.3. The molecule has 2 aromatic carbocycles. The van der Waals surface area contributed by atoms with E-state index in [0.29, 0.717) is 34.2 Å². The zero-order chi connectivity index (χ0) is 23.1. The first-order valence-electron chi connectivity index (χ1n) is 9.75. The number of non-ortho nitro benzene ring substituents is 1. The van der Waals surface area contributed by atoms with E-state index in [-0.39, 0.29) is 29.7 Å². The fraction of sp³-hybridized carbons (Fsp3) is 0.227. The molecule has 32 heavy (non-hydrogen) atoms. The minimum absolute atomic E-state index is 0.0129. The number of nitrogens with one attached hydrogen (secondary N) is 2. The fourth-order valence-electron chi connectivity index (χ4n) is 3.18. The third-order valence-electron chi connectivity index (χ3n) is 4.66. The molecule has 9 nitrogen and oxygen atoms in total. The van der Waals surface area contributed by atoms with E-state index in [0.717, 1.165) is 11.8 Å². The lowest BCUT2D eigenvalue weighted by Gasteiger charge is -2.25. The SMILES string of the molecule is CCOc1ccc(NC(=O)CSC2=C(C#N)[C@@H](c3ccc([N+](=O)[O-])cc3)CC(=O)N2)cc1. The zero-order valence-corrected chi connectivity index (χ0v) is 18.0. The molecule has 0 unspecified atom stereocenters. The number of hydrogen-bond donors (Lipinski definition) is 2. The van der Waals surface area contributed by atoms with Gasteiger partial charge in [-0.2, -0.15) is 5.26 Å². The Morgan fingerprint density at radius 1 is 1.28 bits per heavy atom. The number of nitrogens with zero attached hydrogens (tertiary/aromatic N) is 2. The highest BCUT2D eigenvalue weighted by Gasteiger charge is 2.30. The van der Waals surface area contributed by atoms with E-state index in [2.05, 4.69) is 16.7 Å². The minimum atomic E-state index is -0.536. The van der Waals surface area contributed by atoms with Crippen molar-refractivity contribution in [2.45, 2.75) is 19.3 Å². The van der Waals surface area contributed by atoms with Crippen molar-refractivity contribution in [1.82, 2.24) is 5.32 Å². The van der Waals surface area contributed by atoms with E-state index in [1.54, 1.807) is 36.4 Å². The molecule has 1 atom stereocenters. The number of allylic oxidation sites excluding steroid dienone is 1. The van der Waals surface area contributed by atoms with Gasteiger partial charge in [0.25, 0.3) is 5.69 Å². The molecule has 0 aromatic heterocycles. The summed E-state index contributed by atoms with van der Waals surface area (Å²) in [5.74, 6) is -0.435. The van der Waals surface area contributed by atoms with Gasteiger partial charge in [0.05, 0.1) is 34.0 Å². The molecule has 0 aliphatic carbocycles. The van der Waals surface area contributed by atoms with Gasteiger partial charge in [0, 0.05) is 30.2 Å². The van der Waals surface area contributed by atoms with Crippen LogP contribution in [0, 0.1) is 21.4 Å². The Balaban J connectivity index is 1.70. The molecular weight excluding hydrogens is 432 g/mol. The average molecular weight is 452 g/mol. The normalized spacial score (nSPS) is 15.5. The van der Waals surface area contributed by atoms with Gasteiger partial charge >= 0.3 is 0 Å². The first kappa shape index (κ1) is 22.8. The number of nitro benzene ring substituents is 1. The number of ether oxygens (including phenoxy) is 1. The molecule has 0 spiro atoms. The van der Waals surface area contributed by atoms with Crippen LogP contribution in [-0.2, 0) is 9.59 Å². The van der Waals surface area contributed by atoms with Gasteiger partial charge in [0.2, 0.25) is 11.8 Å². The van der Waals surface area contributed by atoms with Crippen molar-refractivity contribution in [3.8, 4) is 11.8 Å². The number of anilines is 1. The van der Waals surface area contributed by atoms with E-state index in [9.17, 15) is 25.0 Å². The van der Waals surface area contributed by atoms with E-state index in [1.165, 1.54) is 12.1 Å². The lowest BCUT2D eigenvalue weighted by atomic mass is 9.87. The second-order valence-electron chi connectivity index (χ2n) is 6.80. The monoisotopic (exact) mass is 452 g/mol. The number of carbonyl (C=O) groups is 2. The standard InChI is InChI=1S/C22H20N4O5S/c1-2-31-17-9-5-15(6-10-17)24-21(28)13-32-22-19(12-23)18(11-20(27)25-22)14-3-7-16(8-4-14)26(29)30/h3-10,18H,2,11,13H2,1H3,(H,24,28)(H,25,27)/t18-/m1/s1. The van der Waals surface area contributed by atoms with Crippen LogP contribution in [0.2, 0.25) is 0 Å². The molecule has 0 radical (unpaired) electrons. The van der Waals surface area contributed by atoms with Gasteiger partial charge in [-0.15, -0.1) is 0 Å². The van der Waals surface area contributed by atoms with Crippen molar-refractivity contribution in [2.75, 3.05) is 17.7 Å². The van der Waals surface area contributed by atoms with Crippen molar-refractivity contribution in [3.05, 3.63) is 74.8 Å². The first-order valence-corrected chi connectivity index (χ1v) is 10.7. The molecule has 2 aromatic rings. The van der Waals surface area contributed by atoms with E-state index < -0.39 is 10.8 Å². The van der Waals surface area contributed by atoms with Crippen LogP contribution < -0.4 is 15.4 Å². The van der Waals surface area contributed by atoms with Gasteiger partial charge in [-0.05, 0) is 36.8 Å². The third-order valence-corrected chi connectivity index (χ3v) is 5.68. The van der Waals surface area contributed by atoms with Gasteiger partial charge < -0.3 is 15.4 Å². The van der Waals surface area contributed by atoms with Crippen LogP contribution in [0.5, 0.6) is 5.75 Å². The highest BCUT2D eigenvalue weighted by molar-refractivity contribution is 8.03. The Morgan fingerprint density at radius 3 is 2.56 bits per heavy atom. The number of nitro groups is 1. The lowest BCUT2D eigenvalue weighted by molar-refractivity contribution is -0.384. The highest BCUT2D eigenvalue weighted by atomic mass is 32.2. The summed E-state index contributed by atoms with van der Waals surface area (Å²) in [7, 11) is 0. The van der Waals surface area contributed by atoms with Crippen LogP contribution in [-0.4, -0.2) is 29.1 Å². The highest BCUT2D eigenvalue weighted by Crippen LogP contribution is 2.36.